The van der Waals surface area contributed by atoms with Gasteiger partial charge in [0.15, 0.2) is 0 Å². The molecule has 0 radical (unpaired) electrons. The molecule has 0 aromatic heterocycles. The molecule has 144 valence electrons. The fourth-order valence-electron chi connectivity index (χ4n) is 3.11. The first-order chi connectivity index (χ1) is 12.2. The molecule has 8 heteroatoms. The van der Waals surface area contributed by atoms with Gasteiger partial charge in [0.25, 0.3) is 11.8 Å². The molecule has 2 aliphatic rings. The SMILES string of the molecule is Cl.NC[C@H]1CC[C@@H](C(=O)Nc2ccc(C(=O)NC3CCOCC3)cc2)O1. The predicted octanol–water partition coefficient (Wildman–Crippen LogP) is 1.46. The maximum absolute atomic E-state index is 12.3. The van der Waals surface area contributed by atoms with Crippen molar-refractivity contribution in [2.24, 2.45) is 5.73 Å². The van der Waals surface area contributed by atoms with E-state index in [0.29, 0.717) is 37.4 Å². The number of carbonyl (C=O) groups excluding carboxylic acids is 2. The Morgan fingerprint density at radius 2 is 1.77 bits per heavy atom. The van der Waals surface area contributed by atoms with Crippen molar-refractivity contribution in [1.82, 2.24) is 5.32 Å². The van der Waals surface area contributed by atoms with Gasteiger partial charge in [-0.15, -0.1) is 12.4 Å². The molecule has 1 aromatic rings. The highest BCUT2D eigenvalue weighted by Gasteiger charge is 2.29. The second kappa shape index (κ2) is 9.87. The molecule has 2 aliphatic heterocycles. The van der Waals surface area contributed by atoms with Crippen molar-refractivity contribution in [2.45, 2.75) is 43.9 Å². The van der Waals surface area contributed by atoms with Crippen LogP contribution in [0.1, 0.15) is 36.0 Å². The summed E-state index contributed by atoms with van der Waals surface area (Å²) < 4.78 is 10.9. The van der Waals surface area contributed by atoms with Crippen LogP contribution in [-0.2, 0) is 14.3 Å². The van der Waals surface area contributed by atoms with Gasteiger partial charge in [-0.05, 0) is 49.9 Å². The number of nitrogens with two attached hydrogens (primary N) is 1. The van der Waals surface area contributed by atoms with Crippen LogP contribution in [0, 0.1) is 0 Å². The Morgan fingerprint density at radius 1 is 1.08 bits per heavy atom. The quantitative estimate of drug-likeness (QED) is 0.714. The van der Waals surface area contributed by atoms with Gasteiger partial charge < -0.3 is 25.8 Å². The smallest absolute Gasteiger partial charge is 0.253 e. The van der Waals surface area contributed by atoms with Crippen LogP contribution in [0.4, 0.5) is 5.69 Å². The minimum absolute atomic E-state index is 0. The van der Waals surface area contributed by atoms with Gasteiger partial charge >= 0.3 is 0 Å². The second-order valence-electron chi connectivity index (χ2n) is 6.49. The zero-order chi connectivity index (χ0) is 17.6. The van der Waals surface area contributed by atoms with E-state index in [1.807, 2.05) is 0 Å². The number of anilines is 1. The molecule has 0 saturated carbocycles. The molecular formula is C18H26ClN3O4. The largest absolute Gasteiger partial charge is 0.381 e. The standard InChI is InChI=1S/C18H25N3O4.ClH/c19-11-15-5-6-16(25-15)18(23)21-13-3-1-12(2-4-13)17(22)20-14-7-9-24-10-8-14;/h1-4,14-16H,5-11,19H2,(H,20,22)(H,21,23);1H/t15-,16+;/m1./s1. The lowest BCUT2D eigenvalue weighted by Gasteiger charge is -2.23. The first kappa shape index (κ1) is 20.6. The van der Waals surface area contributed by atoms with Crippen molar-refractivity contribution in [3.63, 3.8) is 0 Å². The van der Waals surface area contributed by atoms with E-state index in [0.717, 1.165) is 19.3 Å². The van der Waals surface area contributed by atoms with Gasteiger partial charge in [-0.2, -0.15) is 0 Å². The highest BCUT2D eigenvalue weighted by atomic mass is 35.5. The van der Waals surface area contributed by atoms with Crippen molar-refractivity contribution < 1.29 is 19.1 Å². The summed E-state index contributed by atoms with van der Waals surface area (Å²) in [6.07, 6.45) is 2.67. The number of carbonyl (C=O) groups is 2. The lowest BCUT2D eigenvalue weighted by Crippen LogP contribution is -2.38. The van der Waals surface area contributed by atoms with Gasteiger partial charge in [-0.1, -0.05) is 0 Å². The van der Waals surface area contributed by atoms with Crippen molar-refractivity contribution in [2.75, 3.05) is 25.1 Å². The van der Waals surface area contributed by atoms with Crippen LogP contribution in [0.3, 0.4) is 0 Å². The first-order valence-electron chi connectivity index (χ1n) is 8.81. The molecule has 2 fully saturated rings. The molecule has 0 bridgehead atoms. The summed E-state index contributed by atoms with van der Waals surface area (Å²) in [6.45, 7) is 1.80. The Hall–Kier alpha value is -1.67. The molecule has 2 saturated heterocycles. The Morgan fingerprint density at radius 3 is 2.38 bits per heavy atom. The van der Waals surface area contributed by atoms with Crippen LogP contribution in [0.15, 0.2) is 24.3 Å². The summed E-state index contributed by atoms with van der Waals surface area (Å²) >= 11 is 0. The highest BCUT2D eigenvalue weighted by Crippen LogP contribution is 2.20. The number of hydrogen-bond donors (Lipinski definition) is 3. The molecule has 2 heterocycles. The minimum atomic E-state index is -0.454. The average Bonchev–Trinajstić information content (AvgIpc) is 3.12. The van der Waals surface area contributed by atoms with E-state index >= 15 is 0 Å². The van der Waals surface area contributed by atoms with Crippen LogP contribution in [0.5, 0.6) is 0 Å². The van der Waals surface area contributed by atoms with E-state index in [4.69, 9.17) is 15.2 Å². The van der Waals surface area contributed by atoms with Gasteiger partial charge in [0.1, 0.15) is 6.10 Å². The van der Waals surface area contributed by atoms with Gasteiger partial charge in [0.2, 0.25) is 0 Å². The van der Waals surface area contributed by atoms with Crippen LogP contribution < -0.4 is 16.4 Å². The van der Waals surface area contributed by atoms with Gasteiger partial charge in [-0.3, -0.25) is 9.59 Å². The van der Waals surface area contributed by atoms with E-state index in [1.165, 1.54) is 0 Å². The molecule has 7 nitrogen and oxygen atoms in total. The summed E-state index contributed by atoms with van der Waals surface area (Å²) in [5, 5.41) is 5.84. The average molecular weight is 384 g/mol. The summed E-state index contributed by atoms with van der Waals surface area (Å²) in [5.41, 5.74) is 6.78. The van der Waals surface area contributed by atoms with E-state index in [2.05, 4.69) is 10.6 Å². The van der Waals surface area contributed by atoms with Crippen LogP contribution >= 0.6 is 12.4 Å². The van der Waals surface area contributed by atoms with Gasteiger partial charge in [0, 0.05) is 37.1 Å². The lowest BCUT2D eigenvalue weighted by atomic mass is 10.1. The molecule has 0 unspecified atom stereocenters. The number of halogens is 1. The maximum Gasteiger partial charge on any atom is 0.253 e. The third-order valence-corrected chi connectivity index (χ3v) is 4.63. The zero-order valence-corrected chi connectivity index (χ0v) is 15.4. The number of rotatable bonds is 5. The molecule has 2 atom stereocenters. The normalized spacial score (nSPS) is 23.1. The zero-order valence-electron chi connectivity index (χ0n) is 14.6. The molecule has 3 rings (SSSR count). The number of benzene rings is 1. The Bertz CT molecular complexity index is 605. The van der Waals surface area contributed by atoms with Crippen molar-refractivity contribution in [1.29, 1.82) is 0 Å². The van der Waals surface area contributed by atoms with Gasteiger partial charge in [0.05, 0.1) is 6.10 Å². The molecule has 2 amide bonds. The molecule has 26 heavy (non-hydrogen) atoms. The predicted molar refractivity (Wildman–Crippen MR) is 101 cm³/mol. The second-order valence-corrected chi connectivity index (χ2v) is 6.49. The van der Waals surface area contributed by atoms with Crippen molar-refractivity contribution >= 4 is 29.9 Å². The number of hydrogen-bond acceptors (Lipinski definition) is 5. The summed E-state index contributed by atoms with van der Waals surface area (Å²) in [6, 6.07) is 7.04. The molecular weight excluding hydrogens is 358 g/mol. The fourth-order valence-corrected chi connectivity index (χ4v) is 3.11. The third kappa shape index (κ3) is 5.41. The number of nitrogens with one attached hydrogen (secondary N) is 2. The summed E-state index contributed by atoms with van der Waals surface area (Å²) in [7, 11) is 0. The first-order valence-corrected chi connectivity index (χ1v) is 8.81. The fraction of sp³-hybridized carbons (Fsp3) is 0.556. The van der Waals surface area contributed by atoms with E-state index in [9.17, 15) is 9.59 Å². The van der Waals surface area contributed by atoms with Crippen LogP contribution in [0.2, 0.25) is 0 Å². The topological polar surface area (TPSA) is 103 Å². The Labute approximate surface area is 159 Å². The van der Waals surface area contributed by atoms with Crippen LogP contribution in [0.25, 0.3) is 0 Å². The molecule has 1 aromatic carbocycles. The summed E-state index contributed by atoms with van der Waals surface area (Å²) in [5.74, 6) is -0.273. The molecule has 4 N–H and O–H groups in total. The Balaban J connectivity index is 0.00000243. The lowest BCUT2D eigenvalue weighted by molar-refractivity contribution is -0.126. The molecule has 0 aliphatic carbocycles. The Kier molecular flexibility index (Phi) is 7.84. The molecule has 0 spiro atoms. The third-order valence-electron chi connectivity index (χ3n) is 4.63. The monoisotopic (exact) mass is 383 g/mol. The van der Waals surface area contributed by atoms with Crippen molar-refractivity contribution in [3.8, 4) is 0 Å². The van der Waals surface area contributed by atoms with Crippen molar-refractivity contribution in [3.05, 3.63) is 29.8 Å². The van der Waals surface area contributed by atoms with Gasteiger partial charge in [-0.25, -0.2) is 0 Å². The minimum Gasteiger partial charge on any atom is -0.381 e. The number of ether oxygens (including phenoxy) is 2. The van der Waals surface area contributed by atoms with Crippen LogP contribution in [-0.4, -0.2) is 49.8 Å². The van der Waals surface area contributed by atoms with E-state index < -0.39 is 6.10 Å². The van der Waals surface area contributed by atoms with E-state index in [-0.39, 0.29) is 36.4 Å². The summed E-state index contributed by atoms with van der Waals surface area (Å²) in [4.78, 5) is 24.4. The highest BCUT2D eigenvalue weighted by molar-refractivity contribution is 5.97. The maximum atomic E-state index is 12.3. The van der Waals surface area contributed by atoms with E-state index in [1.54, 1.807) is 24.3 Å². The number of amides is 2.